The van der Waals surface area contributed by atoms with Gasteiger partial charge >= 0.3 is 0 Å². The third kappa shape index (κ3) is 3.51. The van der Waals surface area contributed by atoms with Crippen LogP contribution in [0.3, 0.4) is 0 Å². The molecule has 21 heavy (non-hydrogen) atoms. The molecular weight excluding hydrogens is 277 g/mol. The number of nitrogens with zero attached hydrogens (tertiary/aromatic N) is 1. The number of benzene rings is 2. The smallest absolute Gasteiger partial charge is 0.117 e. The Kier molecular flexibility index (Phi) is 4.21. The quantitative estimate of drug-likeness (QED) is 0.576. The zero-order valence-corrected chi connectivity index (χ0v) is 12.7. The lowest BCUT2D eigenvalue weighted by Crippen LogP contribution is -2.53. The highest BCUT2D eigenvalue weighted by Gasteiger charge is 2.34. The molecule has 1 heterocycles. The molecule has 1 aliphatic rings. The molecule has 0 spiro atoms. The van der Waals surface area contributed by atoms with E-state index in [1.807, 2.05) is 12.1 Å². The Morgan fingerprint density at radius 2 is 1.76 bits per heavy atom. The van der Waals surface area contributed by atoms with E-state index in [4.69, 9.17) is 6.85 Å². The third-order valence-corrected chi connectivity index (χ3v) is 4.29. The van der Waals surface area contributed by atoms with Crippen molar-refractivity contribution in [2.45, 2.75) is 12.1 Å². The summed E-state index contributed by atoms with van der Waals surface area (Å²) in [4.78, 5) is 2.41. The second kappa shape index (κ2) is 7.16. The Morgan fingerprint density at radius 3 is 2.29 bits per heavy atom. The summed E-state index contributed by atoms with van der Waals surface area (Å²) in [6.07, 6.45) is 0.189. The minimum absolute atomic E-state index is 0.189. The van der Waals surface area contributed by atoms with Crippen molar-refractivity contribution >= 4 is 19.8 Å². The third-order valence-electron chi connectivity index (χ3n) is 3.74. The Balaban J connectivity index is 1.65. The summed E-state index contributed by atoms with van der Waals surface area (Å²) in [7, 11) is -0.822. The fourth-order valence-corrected chi connectivity index (χ4v) is 3.15. The van der Waals surface area contributed by atoms with Gasteiger partial charge in [-0.3, -0.25) is 4.90 Å². The highest BCUT2D eigenvalue weighted by atomic mass is 32.2. The molecule has 0 bridgehead atoms. The van der Waals surface area contributed by atoms with Crippen molar-refractivity contribution in [3.8, 4) is 0 Å². The topological polar surface area (TPSA) is 12.5 Å². The lowest BCUT2D eigenvalue weighted by molar-refractivity contribution is 0.0123. The second-order valence-electron chi connectivity index (χ2n) is 5.18. The van der Waals surface area contributed by atoms with Gasteiger partial charge in [-0.2, -0.15) is 0 Å². The maximum atomic E-state index is 7.19. The monoisotopic (exact) mass is 300 g/mol. The van der Waals surface area contributed by atoms with Crippen LogP contribution in [-0.4, -0.2) is 40.2 Å². The first-order chi connectivity index (χ1) is 11.2. The zero-order valence-electron chi connectivity index (χ0n) is 13.9. The summed E-state index contributed by atoms with van der Waals surface area (Å²) in [5.41, 5.74) is 2.99. The predicted molar refractivity (Wildman–Crippen MR) is 92.2 cm³/mol. The molecule has 1 fully saturated rings. The van der Waals surface area contributed by atoms with Gasteiger partial charge in [0, 0.05) is 13.1 Å². The summed E-state index contributed by atoms with van der Waals surface area (Å²) >= 11 is 1.25. The molecule has 0 unspecified atom stereocenters. The standard InChI is InChI=1S/C17H20BNOS/c18-13-21-20-16-11-19(12-16)17(14-7-3-1-4-8-14)15-9-5-2-6-10-15/h1-10,16-17H,11-13,18H2/i18TD. The lowest BCUT2D eigenvalue weighted by Gasteiger charge is -2.44. The van der Waals surface area contributed by atoms with Gasteiger partial charge in [0.1, 0.15) is 7.77 Å². The van der Waals surface area contributed by atoms with Gasteiger partial charge in [-0.15, -0.1) is 0 Å². The van der Waals surface area contributed by atoms with Crippen molar-refractivity contribution in [1.29, 1.82) is 2.67 Å². The summed E-state index contributed by atoms with van der Waals surface area (Å²) in [6, 6.07) is 21.4. The first-order valence-corrected chi connectivity index (χ1v) is 8.12. The molecule has 108 valence electrons. The normalized spacial score (nSPS) is 17.2. The molecule has 3 rings (SSSR count). The average molecular weight is 300 g/mol. The highest BCUT2D eigenvalue weighted by Crippen LogP contribution is 2.33. The molecule has 0 atom stereocenters. The Labute approximate surface area is 134 Å². The van der Waals surface area contributed by atoms with Crippen LogP contribution in [0.5, 0.6) is 0 Å². The van der Waals surface area contributed by atoms with Crippen LogP contribution < -0.4 is 0 Å². The summed E-state index contributed by atoms with van der Waals surface area (Å²) in [5.74, 6) is 0. The zero-order chi connectivity index (χ0) is 16.1. The molecule has 0 saturated carbocycles. The second-order valence-corrected chi connectivity index (χ2v) is 5.94. The van der Waals surface area contributed by atoms with Crippen LogP contribution in [0.4, 0.5) is 0 Å². The van der Waals surface area contributed by atoms with Gasteiger partial charge in [-0.1, -0.05) is 60.7 Å². The number of likely N-dealkylation sites (tertiary alicyclic amines) is 1. The maximum absolute atomic E-state index is 7.19. The highest BCUT2D eigenvalue weighted by molar-refractivity contribution is 7.95. The van der Waals surface area contributed by atoms with Gasteiger partial charge in [-0.25, -0.2) is 0 Å². The van der Waals surface area contributed by atoms with Crippen molar-refractivity contribution in [2.24, 2.45) is 0 Å². The first kappa shape index (κ1) is 12.3. The summed E-state index contributed by atoms with van der Waals surface area (Å²) in [5, 5.41) is 0. The van der Waals surface area contributed by atoms with Gasteiger partial charge in [0.15, 0.2) is 0 Å². The molecule has 1 aliphatic heterocycles. The first-order valence-electron chi connectivity index (χ1n) is 8.36. The molecule has 2 aromatic carbocycles. The van der Waals surface area contributed by atoms with Crippen molar-refractivity contribution in [1.82, 2.24) is 4.90 Å². The van der Waals surface area contributed by atoms with E-state index in [-0.39, 0.29) is 12.1 Å². The van der Waals surface area contributed by atoms with E-state index in [1.165, 1.54) is 23.2 Å². The molecule has 0 aromatic heterocycles. The minimum Gasteiger partial charge on any atom is -0.310 e. The molecule has 4 heteroatoms. The maximum Gasteiger partial charge on any atom is 0.117 e. The van der Waals surface area contributed by atoms with E-state index in [9.17, 15) is 0 Å². The molecule has 2 nitrogen and oxygen atoms in total. The van der Waals surface area contributed by atoms with Crippen molar-refractivity contribution in [3.63, 3.8) is 0 Å². The number of hydrogen-bond donors (Lipinski definition) is 0. The molecule has 2 aromatic rings. The van der Waals surface area contributed by atoms with E-state index >= 15 is 0 Å². The van der Waals surface area contributed by atoms with E-state index in [2.05, 4.69) is 53.4 Å². The SMILES string of the molecule is [2H]B([3H])CSOC1CN(C(c2ccccc2)c2ccccc2)C1. The Morgan fingerprint density at radius 1 is 1.19 bits per heavy atom. The van der Waals surface area contributed by atoms with Crippen LogP contribution in [0.25, 0.3) is 0 Å². The Bertz CT molecular complexity index is 557. The summed E-state index contributed by atoms with van der Waals surface area (Å²) < 4.78 is 20.0. The average Bonchev–Trinajstić information content (AvgIpc) is 2.54. The van der Waals surface area contributed by atoms with Crippen molar-refractivity contribution < 1.29 is 4.18 Å². The summed E-state index contributed by atoms with van der Waals surface area (Å²) in [6.45, 7) is 1.75. The van der Waals surface area contributed by atoms with E-state index in [0.717, 1.165) is 13.1 Å². The van der Waals surface area contributed by atoms with Crippen LogP contribution in [0, 0.1) is 0 Å². The van der Waals surface area contributed by atoms with Crippen LogP contribution in [-0.2, 0) is 4.18 Å². The van der Waals surface area contributed by atoms with Crippen LogP contribution >= 0.6 is 12.0 Å². The Hall–Kier alpha value is -1.23. The van der Waals surface area contributed by atoms with E-state index in [0.29, 0.717) is 5.65 Å². The van der Waals surface area contributed by atoms with E-state index in [1.54, 1.807) is 0 Å². The van der Waals surface area contributed by atoms with Gasteiger partial charge in [-0.05, 0) is 31.5 Å². The molecule has 0 N–H and O–H groups in total. The molecule has 1 saturated heterocycles. The van der Waals surface area contributed by atoms with Gasteiger partial charge < -0.3 is 4.18 Å². The minimum atomic E-state index is -0.822. The largest absolute Gasteiger partial charge is 0.310 e. The fourth-order valence-electron chi connectivity index (χ4n) is 2.76. The fraction of sp³-hybridized carbons (Fsp3) is 0.294. The molecule has 0 aliphatic carbocycles. The molecular formula is C17H20BNOS. The van der Waals surface area contributed by atoms with Gasteiger partial charge in [0.25, 0.3) is 0 Å². The van der Waals surface area contributed by atoms with Crippen LogP contribution in [0.2, 0.25) is 0 Å². The van der Waals surface area contributed by atoms with Gasteiger partial charge in [0.05, 0.1) is 12.1 Å². The van der Waals surface area contributed by atoms with Crippen LogP contribution in [0.1, 0.15) is 17.2 Å². The molecule has 0 radical (unpaired) electrons. The van der Waals surface area contributed by atoms with Crippen molar-refractivity contribution in [2.75, 3.05) is 18.7 Å². The number of hydrogen-bond acceptors (Lipinski definition) is 3. The van der Waals surface area contributed by atoms with Gasteiger partial charge in [0.2, 0.25) is 0 Å². The predicted octanol–water partition coefficient (Wildman–Crippen LogP) is 2.72. The lowest BCUT2D eigenvalue weighted by atomic mass is 9.94. The van der Waals surface area contributed by atoms with Crippen molar-refractivity contribution in [3.05, 3.63) is 71.8 Å². The van der Waals surface area contributed by atoms with E-state index < -0.39 is 7.77 Å². The number of rotatable bonds is 7. The van der Waals surface area contributed by atoms with Crippen LogP contribution in [0.15, 0.2) is 60.7 Å². The molecule has 0 amide bonds.